The molecule has 1 aromatic carbocycles. The lowest BCUT2D eigenvalue weighted by Gasteiger charge is -2.26. The zero-order valence-corrected chi connectivity index (χ0v) is 18.5. The monoisotopic (exact) mass is 442 g/mol. The second kappa shape index (κ2) is 9.03. The number of hydrogen-bond donors (Lipinski definition) is 5. The average Bonchev–Trinajstić information content (AvgIpc) is 3.20. The van der Waals surface area contributed by atoms with Crippen molar-refractivity contribution in [2.45, 2.75) is 64.2 Å². The highest BCUT2D eigenvalue weighted by Gasteiger charge is 2.22. The Bertz CT molecular complexity index is 1090. The highest BCUT2D eigenvalue weighted by atomic mass is 16.5. The molecule has 6 N–H and O–H groups in total. The standard InChI is InChI=1S/C21H30N8O3/c1-11(2)29-20-18(27-28-29)19(23-10-12-8-16(31)17(32-3)9-15(12)30)25-21(26-20)24-14-6-4-13(22)5-7-14/h8-9,11,13-14,30-31H,4-7,10,22H2,1-3H3,(H2,23,24,25,26). The molecule has 0 aliphatic heterocycles. The van der Waals surface area contributed by atoms with Crippen LogP contribution >= 0.6 is 0 Å². The summed E-state index contributed by atoms with van der Waals surface area (Å²) in [6, 6.07) is 3.41. The number of benzene rings is 1. The van der Waals surface area contributed by atoms with E-state index in [0.29, 0.717) is 28.5 Å². The number of nitrogens with two attached hydrogens (primary N) is 1. The first-order valence-electron chi connectivity index (χ1n) is 10.8. The fraction of sp³-hybridized carbons (Fsp3) is 0.524. The number of nitrogens with one attached hydrogen (secondary N) is 2. The van der Waals surface area contributed by atoms with Crippen LogP contribution < -0.4 is 21.1 Å². The van der Waals surface area contributed by atoms with Gasteiger partial charge in [-0.1, -0.05) is 5.21 Å². The molecule has 1 aliphatic carbocycles. The molecular weight excluding hydrogens is 412 g/mol. The van der Waals surface area contributed by atoms with Gasteiger partial charge in [-0.05, 0) is 45.6 Å². The zero-order chi connectivity index (χ0) is 22.8. The van der Waals surface area contributed by atoms with Crippen LogP contribution in [0.25, 0.3) is 11.2 Å². The van der Waals surface area contributed by atoms with E-state index in [-0.39, 0.29) is 41.9 Å². The summed E-state index contributed by atoms with van der Waals surface area (Å²) in [7, 11) is 1.43. The van der Waals surface area contributed by atoms with Gasteiger partial charge in [0.05, 0.1) is 13.2 Å². The van der Waals surface area contributed by atoms with Crippen molar-refractivity contribution in [3.63, 3.8) is 0 Å². The van der Waals surface area contributed by atoms with Gasteiger partial charge in [-0.2, -0.15) is 9.97 Å². The predicted molar refractivity (Wildman–Crippen MR) is 121 cm³/mol. The molecular formula is C21H30N8O3. The first-order chi connectivity index (χ1) is 15.4. The summed E-state index contributed by atoms with van der Waals surface area (Å²) in [5.41, 5.74) is 7.67. The Labute approximate surface area is 186 Å². The van der Waals surface area contributed by atoms with Gasteiger partial charge in [-0.25, -0.2) is 4.68 Å². The minimum atomic E-state index is -0.0569. The number of hydrogen-bond acceptors (Lipinski definition) is 10. The van der Waals surface area contributed by atoms with E-state index in [1.807, 2.05) is 13.8 Å². The van der Waals surface area contributed by atoms with Crippen LogP contribution in [-0.2, 0) is 6.54 Å². The van der Waals surface area contributed by atoms with Gasteiger partial charge in [0.15, 0.2) is 28.5 Å². The number of phenols is 2. The third kappa shape index (κ3) is 4.47. The highest BCUT2D eigenvalue weighted by Crippen LogP contribution is 2.34. The molecule has 1 saturated carbocycles. The summed E-state index contributed by atoms with van der Waals surface area (Å²) in [6.07, 6.45) is 3.87. The summed E-state index contributed by atoms with van der Waals surface area (Å²) in [6.45, 7) is 4.23. The summed E-state index contributed by atoms with van der Waals surface area (Å²) in [5.74, 6) is 1.13. The van der Waals surface area contributed by atoms with Crippen molar-refractivity contribution in [2.75, 3.05) is 17.7 Å². The summed E-state index contributed by atoms with van der Waals surface area (Å²) in [4.78, 5) is 9.32. The molecule has 2 aromatic heterocycles. The molecule has 11 nitrogen and oxygen atoms in total. The fourth-order valence-corrected chi connectivity index (χ4v) is 3.90. The van der Waals surface area contributed by atoms with Crippen molar-refractivity contribution in [3.05, 3.63) is 17.7 Å². The molecule has 3 aromatic rings. The Kier molecular flexibility index (Phi) is 6.17. The van der Waals surface area contributed by atoms with E-state index >= 15 is 0 Å². The Morgan fingerprint density at radius 1 is 1.16 bits per heavy atom. The Morgan fingerprint density at radius 2 is 1.91 bits per heavy atom. The number of fused-ring (bicyclic) bond motifs is 1. The molecule has 4 rings (SSSR count). The quantitative estimate of drug-likeness (QED) is 0.344. The van der Waals surface area contributed by atoms with E-state index in [4.69, 9.17) is 10.5 Å². The van der Waals surface area contributed by atoms with Crippen LogP contribution in [0.5, 0.6) is 17.2 Å². The van der Waals surface area contributed by atoms with Gasteiger partial charge in [0.25, 0.3) is 0 Å². The van der Waals surface area contributed by atoms with E-state index in [2.05, 4.69) is 30.9 Å². The molecule has 2 heterocycles. The lowest BCUT2D eigenvalue weighted by Crippen LogP contribution is -2.33. The molecule has 11 heteroatoms. The normalized spacial score (nSPS) is 18.8. The molecule has 172 valence electrons. The molecule has 32 heavy (non-hydrogen) atoms. The Morgan fingerprint density at radius 3 is 2.59 bits per heavy atom. The minimum Gasteiger partial charge on any atom is -0.507 e. The molecule has 0 atom stereocenters. The number of ether oxygens (including phenoxy) is 1. The first-order valence-corrected chi connectivity index (χ1v) is 10.8. The summed E-state index contributed by atoms with van der Waals surface area (Å²) < 4.78 is 6.78. The molecule has 0 amide bonds. The van der Waals surface area contributed by atoms with Crippen molar-refractivity contribution < 1.29 is 14.9 Å². The number of phenolic OH excluding ortho intramolecular Hbond substituents is 2. The van der Waals surface area contributed by atoms with Gasteiger partial charge < -0.3 is 31.3 Å². The van der Waals surface area contributed by atoms with Crippen LogP contribution in [0, 0.1) is 0 Å². The van der Waals surface area contributed by atoms with E-state index in [0.717, 1.165) is 25.7 Å². The van der Waals surface area contributed by atoms with Gasteiger partial charge >= 0.3 is 0 Å². The summed E-state index contributed by atoms with van der Waals surface area (Å²) >= 11 is 0. The zero-order valence-electron chi connectivity index (χ0n) is 18.5. The average molecular weight is 443 g/mol. The number of aromatic nitrogens is 5. The maximum absolute atomic E-state index is 10.3. The molecule has 0 bridgehead atoms. The topological polar surface area (TPSA) is 156 Å². The largest absolute Gasteiger partial charge is 0.507 e. The lowest BCUT2D eigenvalue weighted by molar-refractivity contribution is 0.367. The molecule has 0 spiro atoms. The number of methoxy groups -OCH3 is 1. The molecule has 1 aliphatic rings. The third-order valence-electron chi connectivity index (χ3n) is 5.74. The van der Waals surface area contributed by atoms with Crippen LogP contribution in [0.4, 0.5) is 11.8 Å². The van der Waals surface area contributed by atoms with Crippen LogP contribution in [0.2, 0.25) is 0 Å². The SMILES string of the molecule is COc1cc(O)c(CNc2nc(NC3CCC(N)CC3)nc3c2nnn3C(C)C)cc1O. The van der Waals surface area contributed by atoms with Gasteiger partial charge in [0.2, 0.25) is 5.95 Å². The number of rotatable bonds is 7. The van der Waals surface area contributed by atoms with Crippen molar-refractivity contribution in [2.24, 2.45) is 5.73 Å². The molecule has 1 fully saturated rings. The van der Waals surface area contributed by atoms with Crippen molar-refractivity contribution >= 4 is 22.9 Å². The van der Waals surface area contributed by atoms with Gasteiger partial charge in [-0.15, -0.1) is 5.10 Å². The van der Waals surface area contributed by atoms with Gasteiger partial charge in [0.1, 0.15) is 5.75 Å². The molecule has 0 radical (unpaired) electrons. The maximum Gasteiger partial charge on any atom is 0.227 e. The Hall–Kier alpha value is -3.34. The smallest absolute Gasteiger partial charge is 0.227 e. The van der Waals surface area contributed by atoms with E-state index in [1.165, 1.54) is 19.2 Å². The fourth-order valence-electron chi connectivity index (χ4n) is 3.90. The molecule has 0 saturated heterocycles. The number of aromatic hydroxyl groups is 2. The van der Waals surface area contributed by atoms with Crippen molar-refractivity contribution in [1.82, 2.24) is 25.0 Å². The van der Waals surface area contributed by atoms with Crippen LogP contribution in [-0.4, -0.2) is 54.4 Å². The van der Waals surface area contributed by atoms with E-state index < -0.39 is 0 Å². The second-order valence-electron chi connectivity index (χ2n) is 8.46. The predicted octanol–water partition coefficient (Wildman–Crippen LogP) is 2.52. The number of nitrogens with zero attached hydrogens (tertiary/aromatic N) is 5. The van der Waals surface area contributed by atoms with Gasteiger partial charge in [0, 0.05) is 30.3 Å². The minimum absolute atomic E-state index is 0.000164. The second-order valence-corrected chi connectivity index (χ2v) is 8.46. The van der Waals surface area contributed by atoms with Gasteiger partial charge in [-0.3, -0.25) is 0 Å². The number of anilines is 2. The lowest BCUT2D eigenvalue weighted by atomic mass is 9.92. The van der Waals surface area contributed by atoms with Crippen LogP contribution in [0.3, 0.4) is 0 Å². The van der Waals surface area contributed by atoms with E-state index in [9.17, 15) is 10.2 Å². The molecule has 0 unspecified atom stereocenters. The highest BCUT2D eigenvalue weighted by molar-refractivity contribution is 5.83. The van der Waals surface area contributed by atoms with Crippen molar-refractivity contribution in [3.8, 4) is 17.2 Å². The maximum atomic E-state index is 10.3. The summed E-state index contributed by atoms with van der Waals surface area (Å²) in [5, 5.41) is 35.5. The first kappa shape index (κ1) is 21.9. The third-order valence-corrected chi connectivity index (χ3v) is 5.74. The van der Waals surface area contributed by atoms with Crippen LogP contribution in [0.1, 0.15) is 51.1 Å². The van der Waals surface area contributed by atoms with Crippen LogP contribution in [0.15, 0.2) is 12.1 Å². The van der Waals surface area contributed by atoms with Crippen molar-refractivity contribution in [1.29, 1.82) is 0 Å². The Balaban J connectivity index is 1.63. The van der Waals surface area contributed by atoms with E-state index in [1.54, 1.807) is 4.68 Å².